The Labute approximate surface area is 160 Å². The van der Waals surface area contributed by atoms with Gasteiger partial charge in [0.15, 0.2) is 0 Å². The molecule has 1 aromatic rings. The standard InChI is InChI=1S/C20H20BrN3O2/c1-23(2)15-6-3-11(9-14(15)21)10-22-24-18(25)16-12-4-5-13(17(16)19(24)26)20(12)7-8-20/h3-6,9-10,12-13,16-17H,7-8H2,1-2H3/b22-10-/t12-,13+,16+,17-. The number of allylic oxidation sites excluding steroid dienone is 2. The number of fused-ring (bicyclic) bond motifs is 3. The van der Waals surface area contributed by atoms with Crippen molar-refractivity contribution >= 4 is 39.6 Å². The summed E-state index contributed by atoms with van der Waals surface area (Å²) in [6.45, 7) is 0. The van der Waals surface area contributed by atoms with Crippen LogP contribution in [0.25, 0.3) is 0 Å². The number of anilines is 1. The second kappa shape index (κ2) is 5.28. The van der Waals surface area contributed by atoms with Crippen LogP contribution in [0.2, 0.25) is 0 Å². The number of carbonyl (C=O) groups excluding carboxylic acids is 2. The second-order valence-electron chi connectivity index (χ2n) is 8.06. The van der Waals surface area contributed by atoms with Crippen molar-refractivity contribution in [2.75, 3.05) is 19.0 Å². The third kappa shape index (κ3) is 1.99. The van der Waals surface area contributed by atoms with E-state index in [1.165, 1.54) is 0 Å². The van der Waals surface area contributed by atoms with Crippen LogP contribution in [-0.2, 0) is 9.59 Å². The van der Waals surface area contributed by atoms with E-state index >= 15 is 0 Å². The van der Waals surface area contributed by atoms with E-state index in [9.17, 15) is 9.59 Å². The summed E-state index contributed by atoms with van der Waals surface area (Å²) in [6, 6.07) is 5.85. The lowest BCUT2D eigenvalue weighted by molar-refractivity contribution is -0.141. The molecule has 0 unspecified atom stereocenters. The average molecular weight is 414 g/mol. The van der Waals surface area contributed by atoms with Crippen LogP contribution in [0.5, 0.6) is 0 Å². The fourth-order valence-corrected chi connectivity index (χ4v) is 6.02. The molecule has 5 nitrogen and oxygen atoms in total. The summed E-state index contributed by atoms with van der Waals surface area (Å²) in [4.78, 5) is 27.8. The molecule has 1 saturated heterocycles. The van der Waals surface area contributed by atoms with Crippen LogP contribution in [0.3, 0.4) is 0 Å². The fraction of sp³-hybridized carbons (Fsp3) is 0.450. The van der Waals surface area contributed by atoms with Crippen molar-refractivity contribution in [1.29, 1.82) is 0 Å². The highest BCUT2D eigenvalue weighted by molar-refractivity contribution is 9.10. The number of benzene rings is 1. The zero-order chi connectivity index (χ0) is 18.2. The van der Waals surface area contributed by atoms with Gasteiger partial charge in [-0.1, -0.05) is 18.2 Å². The number of hydrogen-bond acceptors (Lipinski definition) is 4. The molecule has 5 rings (SSSR count). The van der Waals surface area contributed by atoms with Crippen LogP contribution < -0.4 is 4.90 Å². The van der Waals surface area contributed by atoms with Gasteiger partial charge in [0.2, 0.25) is 0 Å². The molecule has 1 aliphatic heterocycles. The van der Waals surface area contributed by atoms with E-state index in [0.717, 1.165) is 33.6 Å². The molecule has 2 saturated carbocycles. The molecule has 2 bridgehead atoms. The van der Waals surface area contributed by atoms with E-state index in [1.54, 1.807) is 6.21 Å². The van der Waals surface area contributed by atoms with Crippen molar-refractivity contribution in [3.05, 3.63) is 40.4 Å². The highest BCUT2D eigenvalue weighted by atomic mass is 79.9. The molecule has 0 radical (unpaired) electrons. The third-order valence-electron chi connectivity index (χ3n) is 6.61. The summed E-state index contributed by atoms with van der Waals surface area (Å²) in [5, 5.41) is 5.38. The molecule has 0 N–H and O–H groups in total. The number of nitrogens with zero attached hydrogens (tertiary/aromatic N) is 3. The van der Waals surface area contributed by atoms with Gasteiger partial charge in [0.25, 0.3) is 11.8 Å². The minimum atomic E-state index is -0.194. The lowest BCUT2D eigenvalue weighted by Gasteiger charge is -2.18. The molecule has 3 aliphatic carbocycles. The first-order chi connectivity index (χ1) is 12.4. The first kappa shape index (κ1) is 16.2. The molecule has 3 fully saturated rings. The number of rotatable bonds is 3. The Balaban J connectivity index is 1.39. The van der Waals surface area contributed by atoms with Crippen LogP contribution in [0.15, 0.2) is 39.9 Å². The topological polar surface area (TPSA) is 53.0 Å². The van der Waals surface area contributed by atoms with Crippen LogP contribution in [0.1, 0.15) is 18.4 Å². The van der Waals surface area contributed by atoms with Crippen LogP contribution in [-0.4, -0.2) is 37.1 Å². The molecule has 6 heteroatoms. The molecular formula is C20H20BrN3O2. The minimum absolute atomic E-state index is 0.122. The number of carbonyl (C=O) groups is 2. The van der Waals surface area contributed by atoms with Gasteiger partial charge in [0, 0.05) is 18.6 Å². The number of imide groups is 1. The Hall–Kier alpha value is -1.95. The monoisotopic (exact) mass is 413 g/mol. The summed E-state index contributed by atoms with van der Waals surface area (Å²) in [7, 11) is 3.95. The molecule has 0 aromatic heterocycles. The maximum atomic E-state index is 12.9. The predicted octanol–water partition coefficient (Wildman–Crippen LogP) is 3.05. The molecule has 1 heterocycles. The number of hydrazone groups is 1. The lowest BCUT2D eigenvalue weighted by atomic mass is 9.85. The van der Waals surface area contributed by atoms with Gasteiger partial charge >= 0.3 is 0 Å². The van der Waals surface area contributed by atoms with Crippen molar-refractivity contribution in [1.82, 2.24) is 5.01 Å². The van der Waals surface area contributed by atoms with Gasteiger partial charge in [-0.15, -0.1) is 0 Å². The van der Waals surface area contributed by atoms with Gasteiger partial charge < -0.3 is 4.90 Å². The Morgan fingerprint density at radius 2 is 1.77 bits per heavy atom. The highest BCUT2D eigenvalue weighted by Gasteiger charge is 2.73. The summed E-state index contributed by atoms with van der Waals surface area (Å²) in [5.41, 5.74) is 2.13. The number of halogens is 1. The molecule has 4 atom stereocenters. The van der Waals surface area contributed by atoms with Gasteiger partial charge in [-0.05, 0) is 63.7 Å². The zero-order valence-electron chi connectivity index (χ0n) is 14.7. The Kier molecular flexibility index (Phi) is 3.30. The van der Waals surface area contributed by atoms with Crippen LogP contribution >= 0.6 is 15.9 Å². The first-order valence-corrected chi connectivity index (χ1v) is 9.80. The molecule has 1 spiro atoms. The van der Waals surface area contributed by atoms with Gasteiger partial charge in [-0.25, -0.2) is 0 Å². The SMILES string of the molecule is CN(C)c1ccc(/C=N\N2C(=O)[C@@H]3[C@H](C2=O)[C@@H]2C=C[C@H]3C23CC3)cc1Br. The number of amides is 2. The Bertz CT molecular complexity index is 853. The lowest BCUT2D eigenvalue weighted by Crippen LogP contribution is -2.30. The van der Waals surface area contributed by atoms with Crippen molar-refractivity contribution < 1.29 is 9.59 Å². The average Bonchev–Trinajstić information content (AvgIpc) is 3.20. The largest absolute Gasteiger partial charge is 0.377 e. The molecule has 4 aliphatic rings. The highest BCUT2D eigenvalue weighted by Crippen LogP contribution is 2.73. The summed E-state index contributed by atoms with van der Waals surface area (Å²) in [5.74, 6) is -0.156. The third-order valence-corrected chi connectivity index (χ3v) is 7.24. The van der Waals surface area contributed by atoms with Gasteiger partial charge in [-0.2, -0.15) is 10.1 Å². The van der Waals surface area contributed by atoms with Crippen molar-refractivity contribution in [2.45, 2.75) is 12.8 Å². The van der Waals surface area contributed by atoms with Crippen molar-refractivity contribution in [3.8, 4) is 0 Å². The molecule has 26 heavy (non-hydrogen) atoms. The second-order valence-corrected chi connectivity index (χ2v) is 8.91. The van der Waals surface area contributed by atoms with E-state index in [2.05, 4.69) is 33.2 Å². The van der Waals surface area contributed by atoms with E-state index < -0.39 is 0 Å². The van der Waals surface area contributed by atoms with Gasteiger partial charge in [0.05, 0.1) is 23.7 Å². The molecule has 134 valence electrons. The number of hydrogen-bond donors (Lipinski definition) is 0. The van der Waals surface area contributed by atoms with E-state index in [4.69, 9.17) is 0 Å². The Morgan fingerprint density at radius 3 is 2.27 bits per heavy atom. The Morgan fingerprint density at radius 1 is 1.15 bits per heavy atom. The quantitative estimate of drug-likeness (QED) is 0.434. The molecule has 2 amide bonds. The summed E-state index contributed by atoms with van der Waals surface area (Å²) < 4.78 is 0.945. The van der Waals surface area contributed by atoms with E-state index in [-0.39, 0.29) is 40.9 Å². The zero-order valence-corrected chi connectivity index (χ0v) is 16.3. The maximum absolute atomic E-state index is 12.9. The molecular weight excluding hydrogens is 394 g/mol. The predicted molar refractivity (Wildman–Crippen MR) is 103 cm³/mol. The summed E-state index contributed by atoms with van der Waals surface area (Å²) in [6.07, 6.45) is 8.25. The van der Waals surface area contributed by atoms with Crippen molar-refractivity contribution in [3.63, 3.8) is 0 Å². The van der Waals surface area contributed by atoms with E-state index in [1.807, 2.05) is 37.2 Å². The van der Waals surface area contributed by atoms with Gasteiger partial charge in [-0.3, -0.25) is 9.59 Å². The first-order valence-electron chi connectivity index (χ1n) is 9.01. The molecule has 1 aromatic carbocycles. The normalized spacial score (nSPS) is 33.0. The van der Waals surface area contributed by atoms with E-state index in [0.29, 0.717) is 0 Å². The maximum Gasteiger partial charge on any atom is 0.254 e. The smallest absolute Gasteiger partial charge is 0.254 e. The van der Waals surface area contributed by atoms with Crippen molar-refractivity contribution in [2.24, 2.45) is 34.2 Å². The van der Waals surface area contributed by atoms with Crippen LogP contribution in [0.4, 0.5) is 5.69 Å². The summed E-state index contributed by atoms with van der Waals surface area (Å²) >= 11 is 3.55. The minimum Gasteiger partial charge on any atom is -0.377 e. The van der Waals surface area contributed by atoms with Gasteiger partial charge in [0.1, 0.15) is 0 Å². The van der Waals surface area contributed by atoms with Crippen LogP contribution in [0, 0.1) is 29.1 Å². The fourth-order valence-electron chi connectivity index (χ4n) is 5.27.